The van der Waals surface area contributed by atoms with Crippen molar-refractivity contribution in [2.75, 3.05) is 5.32 Å². The molecule has 1 aromatic carbocycles. The molecule has 0 unspecified atom stereocenters. The molecular weight excluding hydrogens is 327 g/mol. The number of carbonyl (C=O) groups excluding carboxylic acids is 2. The summed E-state index contributed by atoms with van der Waals surface area (Å²) in [7, 11) is 0. The van der Waals surface area contributed by atoms with E-state index in [1.165, 1.54) is 12.1 Å². The number of carbonyl (C=O) groups is 3. The van der Waals surface area contributed by atoms with E-state index in [2.05, 4.69) is 10.6 Å². The molecular formula is C18H25FN2O4. The Hall–Kier alpha value is -2.44. The highest BCUT2D eigenvalue weighted by Crippen LogP contribution is 2.17. The van der Waals surface area contributed by atoms with Gasteiger partial charge in [-0.2, -0.15) is 0 Å². The summed E-state index contributed by atoms with van der Waals surface area (Å²) in [5.74, 6) is -3.00. The third kappa shape index (κ3) is 6.17. The highest BCUT2D eigenvalue weighted by Gasteiger charge is 2.26. The topological polar surface area (TPSA) is 95.5 Å². The average Bonchev–Trinajstić information content (AvgIpc) is 2.52. The second-order valence-corrected chi connectivity index (χ2v) is 6.52. The van der Waals surface area contributed by atoms with Crippen molar-refractivity contribution in [2.24, 2.45) is 11.8 Å². The number of benzene rings is 1. The van der Waals surface area contributed by atoms with Crippen LogP contribution in [0.15, 0.2) is 18.2 Å². The van der Waals surface area contributed by atoms with Gasteiger partial charge >= 0.3 is 5.97 Å². The van der Waals surface area contributed by atoms with Gasteiger partial charge < -0.3 is 15.7 Å². The molecule has 3 N–H and O–H groups in total. The second kappa shape index (κ2) is 9.15. The van der Waals surface area contributed by atoms with Crippen LogP contribution < -0.4 is 10.6 Å². The zero-order valence-corrected chi connectivity index (χ0v) is 14.9. The molecule has 0 heterocycles. The molecule has 1 rings (SSSR count). The van der Waals surface area contributed by atoms with Gasteiger partial charge in [-0.05, 0) is 30.0 Å². The van der Waals surface area contributed by atoms with Crippen LogP contribution in [0.5, 0.6) is 0 Å². The monoisotopic (exact) mass is 352 g/mol. The van der Waals surface area contributed by atoms with Gasteiger partial charge in [0.2, 0.25) is 5.91 Å². The van der Waals surface area contributed by atoms with E-state index in [1.54, 1.807) is 6.92 Å². The molecule has 7 heteroatoms. The first-order valence-electron chi connectivity index (χ1n) is 8.28. The van der Waals surface area contributed by atoms with Gasteiger partial charge in [0.15, 0.2) is 0 Å². The Kier molecular flexibility index (Phi) is 7.54. The molecule has 1 aromatic rings. The van der Waals surface area contributed by atoms with Crippen LogP contribution in [-0.4, -0.2) is 28.9 Å². The Bertz CT molecular complexity index is 646. The highest BCUT2D eigenvalue weighted by atomic mass is 19.1. The van der Waals surface area contributed by atoms with E-state index in [9.17, 15) is 23.9 Å². The number of nitrogens with one attached hydrogen (secondary N) is 2. The molecule has 0 fully saturated rings. The third-order valence-corrected chi connectivity index (χ3v) is 3.86. The summed E-state index contributed by atoms with van der Waals surface area (Å²) < 4.78 is 14.1. The Balaban J connectivity index is 2.86. The van der Waals surface area contributed by atoms with Crippen molar-refractivity contribution >= 4 is 23.5 Å². The van der Waals surface area contributed by atoms with Crippen LogP contribution >= 0.6 is 0 Å². The third-order valence-electron chi connectivity index (χ3n) is 3.86. The van der Waals surface area contributed by atoms with Crippen LogP contribution in [0.4, 0.5) is 10.1 Å². The summed E-state index contributed by atoms with van der Waals surface area (Å²) in [5, 5.41) is 14.1. The van der Waals surface area contributed by atoms with Crippen LogP contribution in [0.1, 0.15) is 50.9 Å². The van der Waals surface area contributed by atoms with Crippen molar-refractivity contribution < 1.29 is 23.9 Å². The van der Waals surface area contributed by atoms with Crippen molar-refractivity contribution in [3.05, 3.63) is 29.6 Å². The summed E-state index contributed by atoms with van der Waals surface area (Å²) in [4.78, 5) is 35.1. The summed E-state index contributed by atoms with van der Waals surface area (Å²) in [5.41, 5.74) is -0.0205. The van der Waals surface area contributed by atoms with E-state index >= 15 is 0 Å². The minimum Gasteiger partial charge on any atom is -0.480 e. The number of halogens is 1. The standard InChI is InChI=1S/C18H25FN2O4/c1-5-11(4)16(18(24)25)21-17(23)12-6-7-14(13(19)9-12)20-15(22)8-10(2)3/h6-7,9-11,16H,5,8H2,1-4H3,(H,20,22)(H,21,23)(H,24,25)/t11-,16-/m0/s1. The number of rotatable bonds is 8. The summed E-state index contributed by atoms with van der Waals surface area (Å²) in [6.45, 7) is 7.28. The molecule has 0 aliphatic rings. The number of anilines is 1. The minimum absolute atomic E-state index is 0.00564. The second-order valence-electron chi connectivity index (χ2n) is 6.52. The molecule has 0 radical (unpaired) electrons. The number of carboxylic acids is 1. The minimum atomic E-state index is -1.14. The number of carboxylic acid groups (broad SMARTS) is 1. The lowest BCUT2D eigenvalue weighted by atomic mass is 9.99. The maximum absolute atomic E-state index is 14.1. The lowest BCUT2D eigenvalue weighted by molar-refractivity contribution is -0.140. The smallest absolute Gasteiger partial charge is 0.326 e. The van der Waals surface area contributed by atoms with Crippen molar-refractivity contribution in [2.45, 2.75) is 46.6 Å². The Morgan fingerprint density at radius 2 is 1.84 bits per heavy atom. The highest BCUT2D eigenvalue weighted by molar-refractivity contribution is 5.97. The first kappa shape index (κ1) is 20.6. The largest absolute Gasteiger partial charge is 0.480 e. The molecule has 0 aromatic heterocycles. The number of aliphatic carboxylic acids is 1. The van der Waals surface area contributed by atoms with Gasteiger partial charge in [-0.15, -0.1) is 0 Å². The predicted molar refractivity (Wildman–Crippen MR) is 92.8 cm³/mol. The van der Waals surface area contributed by atoms with Crippen LogP contribution in [0.25, 0.3) is 0 Å². The average molecular weight is 352 g/mol. The summed E-state index contributed by atoms with van der Waals surface area (Å²) in [6, 6.07) is 2.57. The molecule has 0 aliphatic carbocycles. The molecule has 0 aliphatic heterocycles. The zero-order valence-electron chi connectivity index (χ0n) is 14.9. The molecule has 0 saturated carbocycles. The van der Waals surface area contributed by atoms with Gasteiger partial charge in [0.1, 0.15) is 11.9 Å². The van der Waals surface area contributed by atoms with Crippen molar-refractivity contribution in [1.82, 2.24) is 5.32 Å². The zero-order chi connectivity index (χ0) is 19.1. The van der Waals surface area contributed by atoms with E-state index in [0.29, 0.717) is 6.42 Å². The molecule has 138 valence electrons. The first-order chi connectivity index (χ1) is 11.6. The summed E-state index contributed by atoms with van der Waals surface area (Å²) >= 11 is 0. The molecule has 0 spiro atoms. The summed E-state index contributed by atoms with van der Waals surface area (Å²) in [6.07, 6.45) is 0.837. The van der Waals surface area contributed by atoms with Gasteiger partial charge in [0, 0.05) is 12.0 Å². The van der Waals surface area contributed by atoms with Crippen LogP contribution in [0, 0.1) is 17.7 Å². The maximum atomic E-state index is 14.1. The Morgan fingerprint density at radius 3 is 2.32 bits per heavy atom. The fourth-order valence-corrected chi connectivity index (χ4v) is 2.24. The molecule has 2 amide bonds. The van der Waals surface area contributed by atoms with Gasteiger partial charge in [-0.3, -0.25) is 9.59 Å². The quantitative estimate of drug-likeness (QED) is 0.670. The van der Waals surface area contributed by atoms with E-state index in [-0.39, 0.29) is 35.4 Å². The maximum Gasteiger partial charge on any atom is 0.326 e. The molecule has 2 atom stereocenters. The Morgan fingerprint density at radius 1 is 1.20 bits per heavy atom. The number of hydrogen-bond donors (Lipinski definition) is 3. The lowest BCUT2D eigenvalue weighted by Gasteiger charge is -2.20. The van der Waals surface area contributed by atoms with Gasteiger partial charge in [0.25, 0.3) is 5.91 Å². The van der Waals surface area contributed by atoms with Gasteiger partial charge in [0.05, 0.1) is 5.69 Å². The first-order valence-corrected chi connectivity index (χ1v) is 8.28. The molecule has 0 bridgehead atoms. The normalized spacial score (nSPS) is 13.2. The lowest BCUT2D eigenvalue weighted by Crippen LogP contribution is -2.45. The Labute approximate surface area is 146 Å². The fraction of sp³-hybridized carbons (Fsp3) is 0.500. The van der Waals surface area contributed by atoms with E-state index in [4.69, 9.17) is 0 Å². The van der Waals surface area contributed by atoms with Gasteiger partial charge in [-0.1, -0.05) is 34.1 Å². The van der Waals surface area contributed by atoms with Crippen molar-refractivity contribution in [3.63, 3.8) is 0 Å². The molecule has 25 heavy (non-hydrogen) atoms. The van der Waals surface area contributed by atoms with Crippen LogP contribution in [0.3, 0.4) is 0 Å². The van der Waals surface area contributed by atoms with E-state index in [1.807, 2.05) is 20.8 Å². The van der Waals surface area contributed by atoms with Crippen molar-refractivity contribution in [1.29, 1.82) is 0 Å². The molecule has 6 nitrogen and oxygen atoms in total. The fourth-order valence-electron chi connectivity index (χ4n) is 2.24. The SMILES string of the molecule is CC[C@H](C)[C@H](NC(=O)c1ccc(NC(=O)CC(C)C)c(F)c1)C(=O)O. The van der Waals surface area contributed by atoms with Gasteiger partial charge in [-0.25, -0.2) is 9.18 Å². The predicted octanol–water partition coefficient (Wildman–Crippen LogP) is 3.04. The van der Waals surface area contributed by atoms with Crippen molar-refractivity contribution in [3.8, 4) is 0 Å². The van der Waals surface area contributed by atoms with Crippen LogP contribution in [-0.2, 0) is 9.59 Å². The number of amides is 2. The van der Waals surface area contributed by atoms with E-state index in [0.717, 1.165) is 6.07 Å². The molecule has 0 saturated heterocycles. The van der Waals surface area contributed by atoms with E-state index < -0.39 is 23.7 Å². The number of hydrogen-bond acceptors (Lipinski definition) is 3. The van der Waals surface area contributed by atoms with Crippen LogP contribution in [0.2, 0.25) is 0 Å².